The summed E-state index contributed by atoms with van der Waals surface area (Å²) >= 11 is 7.39. The number of anilines is 1. The van der Waals surface area contributed by atoms with Crippen LogP contribution in [0, 0.1) is 0 Å². The second-order valence-corrected chi connectivity index (χ2v) is 4.30. The molecular formula is C10H9ClN4S. The van der Waals surface area contributed by atoms with Gasteiger partial charge < -0.3 is 5.32 Å². The van der Waals surface area contributed by atoms with Gasteiger partial charge in [-0.3, -0.25) is 4.98 Å². The number of nitrogens with zero attached hydrogens (tertiary/aromatic N) is 3. The predicted octanol–water partition coefficient (Wildman–Crippen LogP) is 2.72. The third kappa shape index (κ3) is 2.62. The lowest BCUT2D eigenvalue weighted by atomic mass is 10.5. The number of pyridine rings is 1. The molecular weight excluding hydrogens is 244 g/mol. The lowest BCUT2D eigenvalue weighted by Gasteiger charge is -2.03. The number of nitrogens with one attached hydrogen (secondary N) is 1. The summed E-state index contributed by atoms with van der Waals surface area (Å²) in [7, 11) is 1.80. The molecule has 0 amide bonds. The average molecular weight is 253 g/mol. The van der Waals surface area contributed by atoms with Gasteiger partial charge in [0, 0.05) is 13.2 Å². The highest BCUT2D eigenvalue weighted by molar-refractivity contribution is 7.99. The summed E-state index contributed by atoms with van der Waals surface area (Å²) in [5.74, 6) is 0.719. The Labute approximate surface area is 102 Å². The van der Waals surface area contributed by atoms with Gasteiger partial charge in [0.15, 0.2) is 0 Å². The monoisotopic (exact) mass is 252 g/mol. The summed E-state index contributed by atoms with van der Waals surface area (Å²) in [6.07, 6.45) is 5.03. The van der Waals surface area contributed by atoms with Gasteiger partial charge >= 0.3 is 0 Å². The lowest BCUT2D eigenvalue weighted by molar-refractivity contribution is 1.04. The lowest BCUT2D eigenvalue weighted by Crippen LogP contribution is -1.94. The highest BCUT2D eigenvalue weighted by Crippen LogP contribution is 2.29. The fraction of sp³-hybridized carbons (Fsp3) is 0.100. The number of hydrogen-bond donors (Lipinski definition) is 1. The Kier molecular flexibility index (Phi) is 3.58. The molecule has 0 radical (unpaired) electrons. The number of hydrogen-bond acceptors (Lipinski definition) is 5. The standard InChI is InChI=1S/C10H9ClN4S/c1-12-8-5-13-6-9(15-8)16-10-7(11)3-2-4-14-10/h2-6H,1H3,(H,12,15). The van der Waals surface area contributed by atoms with E-state index in [0.717, 1.165) is 15.9 Å². The van der Waals surface area contributed by atoms with Gasteiger partial charge in [-0.1, -0.05) is 11.6 Å². The van der Waals surface area contributed by atoms with Crippen LogP contribution in [0.15, 0.2) is 40.8 Å². The summed E-state index contributed by atoms with van der Waals surface area (Å²) in [4.78, 5) is 12.6. The summed E-state index contributed by atoms with van der Waals surface area (Å²) in [5.41, 5.74) is 0. The molecule has 0 saturated carbocycles. The Bertz CT molecular complexity index is 492. The van der Waals surface area contributed by atoms with Gasteiger partial charge in [0.25, 0.3) is 0 Å². The molecule has 2 aromatic heterocycles. The number of rotatable bonds is 3. The summed E-state index contributed by atoms with van der Waals surface area (Å²) in [5, 5.41) is 5.03. The van der Waals surface area contributed by atoms with Crippen molar-refractivity contribution in [2.75, 3.05) is 12.4 Å². The maximum absolute atomic E-state index is 6.00. The first-order valence-corrected chi connectivity index (χ1v) is 5.77. The summed E-state index contributed by atoms with van der Waals surface area (Å²) in [6.45, 7) is 0. The van der Waals surface area contributed by atoms with Gasteiger partial charge in [-0.05, 0) is 23.9 Å². The fourth-order valence-corrected chi connectivity index (χ4v) is 2.04. The second-order valence-electron chi connectivity index (χ2n) is 2.88. The third-order valence-corrected chi connectivity index (χ3v) is 3.14. The molecule has 4 nitrogen and oxygen atoms in total. The smallest absolute Gasteiger partial charge is 0.145 e. The van der Waals surface area contributed by atoms with Crippen molar-refractivity contribution in [2.45, 2.75) is 10.1 Å². The maximum Gasteiger partial charge on any atom is 0.145 e. The van der Waals surface area contributed by atoms with Crippen LogP contribution in [0.5, 0.6) is 0 Å². The first-order valence-electron chi connectivity index (χ1n) is 4.58. The SMILES string of the molecule is CNc1cncc(Sc2ncccc2Cl)n1. The third-order valence-electron chi connectivity index (χ3n) is 1.79. The normalized spacial score (nSPS) is 10.1. The van der Waals surface area contributed by atoms with E-state index in [1.54, 1.807) is 37.8 Å². The summed E-state index contributed by atoms with van der Waals surface area (Å²) in [6, 6.07) is 3.59. The van der Waals surface area contributed by atoms with E-state index in [0.29, 0.717) is 5.02 Å². The van der Waals surface area contributed by atoms with Crippen LogP contribution in [0.2, 0.25) is 5.02 Å². The Morgan fingerprint density at radius 1 is 1.38 bits per heavy atom. The zero-order valence-corrected chi connectivity index (χ0v) is 10.1. The molecule has 0 aliphatic carbocycles. The largest absolute Gasteiger partial charge is 0.372 e. The first kappa shape index (κ1) is 11.2. The van der Waals surface area contributed by atoms with E-state index in [2.05, 4.69) is 20.3 Å². The van der Waals surface area contributed by atoms with Crippen LogP contribution in [0.4, 0.5) is 5.82 Å². The van der Waals surface area contributed by atoms with E-state index in [1.165, 1.54) is 11.8 Å². The van der Waals surface area contributed by atoms with Crippen LogP contribution in [-0.2, 0) is 0 Å². The molecule has 2 aromatic rings. The number of aromatic nitrogens is 3. The van der Waals surface area contributed by atoms with Gasteiger partial charge in [0.2, 0.25) is 0 Å². The number of halogens is 1. The Balaban J connectivity index is 2.24. The van der Waals surface area contributed by atoms with Gasteiger partial charge in [-0.25, -0.2) is 9.97 Å². The summed E-state index contributed by atoms with van der Waals surface area (Å²) < 4.78 is 0. The van der Waals surface area contributed by atoms with Crippen molar-refractivity contribution in [3.8, 4) is 0 Å². The Morgan fingerprint density at radius 3 is 3.00 bits per heavy atom. The maximum atomic E-state index is 6.00. The van der Waals surface area contributed by atoms with Crippen molar-refractivity contribution in [2.24, 2.45) is 0 Å². The Morgan fingerprint density at radius 2 is 2.25 bits per heavy atom. The van der Waals surface area contributed by atoms with Gasteiger partial charge in [0.1, 0.15) is 15.9 Å². The van der Waals surface area contributed by atoms with Gasteiger partial charge in [0.05, 0.1) is 17.4 Å². The van der Waals surface area contributed by atoms with Crippen LogP contribution in [0.3, 0.4) is 0 Å². The average Bonchev–Trinajstić information content (AvgIpc) is 2.32. The molecule has 0 aliphatic rings. The molecule has 6 heteroatoms. The topological polar surface area (TPSA) is 50.7 Å². The molecule has 0 spiro atoms. The van der Waals surface area contributed by atoms with Crippen molar-refractivity contribution >= 4 is 29.2 Å². The van der Waals surface area contributed by atoms with E-state index in [4.69, 9.17) is 11.6 Å². The molecule has 0 fully saturated rings. The van der Waals surface area contributed by atoms with E-state index in [1.807, 2.05) is 0 Å². The van der Waals surface area contributed by atoms with E-state index >= 15 is 0 Å². The van der Waals surface area contributed by atoms with Crippen molar-refractivity contribution in [1.82, 2.24) is 15.0 Å². The quantitative estimate of drug-likeness (QED) is 0.910. The zero-order chi connectivity index (χ0) is 11.4. The van der Waals surface area contributed by atoms with Crippen LogP contribution >= 0.6 is 23.4 Å². The van der Waals surface area contributed by atoms with Crippen LogP contribution in [-0.4, -0.2) is 22.0 Å². The zero-order valence-electron chi connectivity index (χ0n) is 8.51. The molecule has 0 bridgehead atoms. The first-order chi connectivity index (χ1) is 7.79. The van der Waals surface area contributed by atoms with E-state index in [-0.39, 0.29) is 0 Å². The van der Waals surface area contributed by atoms with Crippen LogP contribution in [0.1, 0.15) is 0 Å². The molecule has 0 aliphatic heterocycles. The molecule has 16 heavy (non-hydrogen) atoms. The highest BCUT2D eigenvalue weighted by Gasteiger charge is 2.05. The molecule has 2 heterocycles. The fourth-order valence-electron chi connectivity index (χ4n) is 1.06. The van der Waals surface area contributed by atoms with Crippen molar-refractivity contribution < 1.29 is 0 Å². The van der Waals surface area contributed by atoms with Crippen molar-refractivity contribution in [1.29, 1.82) is 0 Å². The minimum atomic E-state index is 0.615. The second kappa shape index (κ2) is 5.14. The van der Waals surface area contributed by atoms with Gasteiger partial charge in [-0.2, -0.15) is 0 Å². The van der Waals surface area contributed by atoms with Crippen molar-refractivity contribution in [3.05, 3.63) is 35.7 Å². The molecule has 0 atom stereocenters. The van der Waals surface area contributed by atoms with E-state index < -0.39 is 0 Å². The minimum absolute atomic E-state index is 0.615. The molecule has 1 N–H and O–H groups in total. The highest BCUT2D eigenvalue weighted by atomic mass is 35.5. The molecule has 0 unspecified atom stereocenters. The molecule has 82 valence electrons. The van der Waals surface area contributed by atoms with E-state index in [9.17, 15) is 0 Å². The van der Waals surface area contributed by atoms with Crippen LogP contribution in [0.25, 0.3) is 0 Å². The van der Waals surface area contributed by atoms with Gasteiger partial charge in [-0.15, -0.1) is 0 Å². The molecule has 0 aromatic carbocycles. The minimum Gasteiger partial charge on any atom is -0.372 e. The van der Waals surface area contributed by atoms with Crippen molar-refractivity contribution in [3.63, 3.8) is 0 Å². The molecule has 0 saturated heterocycles. The predicted molar refractivity (Wildman–Crippen MR) is 64.9 cm³/mol. The molecule has 2 rings (SSSR count). The Hall–Kier alpha value is -1.33. The van der Waals surface area contributed by atoms with Crippen LogP contribution < -0.4 is 5.32 Å².